The monoisotopic (exact) mass is 208 g/mol. The maximum Gasteiger partial charge on any atom is 0.312 e. The van der Waals surface area contributed by atoms with Crippen molar-refractivity contribution < 1.29 is 9.90 Å². The molecule has 1 heterocycles. The fraction of sp³-hybridized carbons (Fsp3) is 0.545. The molecule has 0 bridgehead atoms. The summed E-state index contributed by atoms with van der Waals surface area (Å²) < 4.78 is 0. The molecule has 4 nitrogen and oxygen atoms in total. The fourth-order valence-electron chi connectivity index (χ4n) is 1.51. The van der Waals surface area contributed by atoms with E-state index in [1.807, 2.05) is 6.92 Å². The number of nitrogens with zero attached hydrogens (tertiary/aromatic N) is 2. The molecule has 0 saturated heterocycles. The molecule has 0 amide bonds. The number of carboxylic acids is 1. The Hall–Kier alpha value is -1.45. The van der Waals surface area contributed by atoms with E-state index in [0.717, 1.165) is 18.5 Å². The van der Waals surface area contributed by atoms with E-state index >= 15 is 0 Å². The SMILES string of the molecule is CCCc1cc(C(CC)C(=O)O)ncn1. The van der Waals surface area contributed by atoms with Crippen LogP contribution in [-0.4, -0.2) is 21.0 Å². The molecule has 15 heavy (non-hydrogen) atoms. The zero-order valence-electron chi connectivity index (χ0n) is 9.10. The minimum absolute atomic E-state index is 0.511. The number of aliphatic carboxylic acids is 1. The molecule has 0 fully saturated rings. The summed E-state index contributed by atoms with van der Waals surface area (Å²) in [7, 11) is 0. The second-order valence-electron chi connectivity index (χ2n) is 3.48. The standard InChI is InChI=1S/C11H16N2O2/c1-3-5-8-6-10(13-7-12-8)9(4-2)11(14)15/h6-7,9H,3-5H2,1-2H3,(H,14,15). The maximum absolute atomic E-state index is 10.9. The second-order valence-corrected chi connectivity index (χ2v) is 3.48. The summed E-state index contributed by atoms with van der Waals surface area (Å²) in [6, 6.07) is 1.80. The van der Waals surface area contributed by atoms with Crippen molar-refractivity contribution in [3.8, 4) is 0 Å². The molecule has 0 saturated carbocycles. The van der Waals surface area contributed by atoms with E-state index in [-0.39, 0.29) is 0 Å². The predicted molar refractivity (Wildman–Crippen MR) is 56.7 cm³/mol. The first-order valence-electron chi connectivity index (χ1n) is 5.22. The summed E-state index contributed by atoms with van der Waals surface area (Å²) >= 11 is 0. The number of carbonyl (C=O) groups is 1. The molecule has 0 spiro atoms. The van der Waals surface area contributed by atoms with Crippen molar-refractivity contribution in [2.24, 2.45) is 0 Å². The number of hydrogen-bond acceptors (Lipinski definition) is 3. The topological polar surface area (TPSA) is 63.1 Å². The molecular weight excluding hydrogens is 192 g/mol. The Morgan fingerprint density at radius 3 is 2.73 bits per heavy atom. The van der Waals surface area contributed by atoms with Crippen LogP contribution in [0.5, 0.6) is 0 Å². The van der Waals surface area contributed by atoms with E-state index in [9.17, 15) is 4.79 Å². The van der Waals surface area contributed by atoms with Gasteiger partial charge in [0.15, 0.2) is 0 Å². The smallest absolute Gasteiger partial charge is 0.312 e. The van der Waals surface area contributed by atoms with Crippen LogP contribution in [0.4, 0.5) is 0 Å². The summed E-state index contributed by atoms with van der Waals surface area (Å²) in [6.45, 7) is 3.91. The average Bonchev–Trinajstić information content (AvgIpc) is 2.19. The summed E-state index contributed by atoms with van der Waals surface area (Å²) in [5.74, 6) is -1.33. The van der Waals surface area contributed by atoms with E-state index < -0.39 is 11.9 Å². The van der Waals surface area contributed by atoms with Crippen molar-refractivity contribution in [3.63, 3.8) is 0 Å². The highest BCUT2D eigenvalue weighted by Gasteiger charge is 2.19. The summed E-state index contributed by atoms with van der Waals surface area (Å²) in [5.41, 5.74) is 1.53. The van der Waals surface area contributed by atoms with E-state index in [1.165, 1.54) is 6.33 Å². The number of rotatable bonds is 5. The van der Waals surface area contributed by atoms with Crippen LogP contribution in [-0.2, 0) is 11.2 Å². The van der Waals surface area contributed by atoms with Crippen LogP contribution in [0, 0.1) is 0 Å². The maximum atomic E-state index is 10.9. The first-order valence-corrected chi connectivity index (χ1v) is 5.22. The third-order valence-electron chi connectivity index (χ3n) is 2.31. The largest absolute Gasteiger partial charge is 0.481 e. The van der Waals surface area contributed by atoms with Crippen LogP contribution in [0.15, 0.2) is 12.4 Å². The van der Waals surface area contributed by atoms with E-state index in [1.54, 1.807) is 6.07 Å². The lowest BCUT2D eigenvalue weighted by molar-refractivity contribution is -0.138. The van der Waals surface area contributed by atoms with Gasteiger partial charge in [-0.15, -0.1) is 0 Å². The number of hydrogen-bond donors (Lipinski definition) is 1. The molecule has 1 aromatic heterocycles. The van der Waals surface area contributed by atoms with Crippen LogP contribution in [0.3, 0.4) is 0 Å². The molecule has 1 N–H and O–H groups in total. The van der Waals surface area contributed by atoms with Crippen molar-refractivity contribution in [2.45, 2.75) is 39.0 Å². The van der Waals surface area contributed by atoms with Crippen molar-refractivity contribution in [2.75, 3.05) is 0 Å². The lowest BCUT2D eigenvalue weighted by atomic mass is 10.0. The normalized spacial score (nSPS) is 12.4. The minimum atomic E-state index is -0.821. The van der Waals surface area contributed by atoms with Gasteiger partial charge in [0, 0.05) is 5.69 Å². The van der Waals surface area contributed by atoms with Crippen LogP contribution < -0.4 is 0 Å². The molecule has 1 unspecified atom stereocenters. The fourth-order valence-corrected chi connectivity index (χ4v) is 1.51. The summed E-state index contributed by atoms with van der Waals surface area (Å²) in [5, 5.41) is 8.99. The average molecular weight is 208 g/mol. The van der Waals surface area contributed by atoms with Crippen LogP contribution in [0.25, 0.3) is 0 Å². The lowest BCUT2D eigenvalue weighted by Gasteiger charge is -2.09. The molecule has 1 rings (SSSR count). The zero-order chi connectivity index (χ0) is 11.3. The Morgan fingerprint density at radius 2 is 2.20 bits per heavy atom. The molecule has 4 heteroatoms. The van der Waals surface area contributed by atoms with Crippen molar-refractivity contribution in [3.05, 3.63) is 23.8 Å². The van der Waals surface area contributed by atoms with E-state index in [2.05, 4.69) is 16.9 Å². The van der Waals surface area contributed by atoms with Gasteiger partial charge in [-0.2, -0.15) is 0 Å². The Labute approximate surface area is 89.4 Å². The van der Waals surface area contributed by atoms with Gasteiger partial charge >= 0.3 is 5.97 Å². The molecule has 0 aromatic carbocycles. The van der Waals surface area contributed by atoms with Gasteiger partial charge < -0.3 is 5.11 Å². The molecule has 82 valence electrons. The Morgan fingerprint density at radius 1 is 1.47 bits per heavy atom. The van der Waals surface area contributed by atoms with Gasteiger partial charge in [-0.25, -0.2) is 9.97 Å². The highest BCUT2D eigenvalue weighted by Crippen LogP contribution is 2.17. The van der Waals surface area contributed by atoms with E-state index in [4.69, 9.17) is 5.11 Å². The van der Waals surface area contributed by atoms with Gasteiger partial charge in [-0.1, -0.05) is 20.3 Å². The minimum Gasteiger partial charge on any atom is -0.481 e. The Balaban J connectivity index is 2.92. The first-order chi connectivity index (χ1) is 7.19. The third kappa shape index (κ3) is 3.01. The van der Waals surface area contributed by atoms with E-state index in [0.29, 0.717) is 12.1 Å². The highest BCUT2D eigenvalue weighted by molar-refractivity contribution is 5.75. The van der Waals surface area contributed by atoms with Crippen LogP contribution in [0.1, 0.15) is 44.0 Å². The third-order valence-corrected chi connectivity index (χ3v) is 2.31. The molecule has 1 aromatic rings. The van der Waals surface area contributed by atoms with Gasteiger partial charge in [0.25, 0.3) is 0 Å². The Kier molecular flexibility index (Phi) is 4.21. The van der Waals surface area contributed by atoms with Gasteiger partial charge in [0.05, 0.1) is 11.6 Å². The number of aromatic nitrogens is 2. The van der Waals surface area contributed by atoms with Crippen molar-refractivity contribution >= 4 is 5.97 Å². The second kappa shape index (κ2) is 5.44. The van der Waals surface area contributed by atoms with Gasteiger partial charge in [0.2, 0.25) is 0 Å². The van der Waals surface area contributed by atoms with Crippen LogP contribution in [0.2, 0.25) is 0 Å². The summed E-state index contributed by atoms with van der Waals surface area (Å²) in [4.78, 5) is 19.1. The van der Waals surface area contributed by atoms with Crippen molar-refractivity contribution in [1.29, 1.82) is 0 Å². The molecule has 0 aliphatic heterocycles. The summed E-state index contributed by atoms with van der Waals surface area (Å²) in [6.07, 6.45) is 3.87. The van der Waals surface area contributed by atoms with Gasteiger partial charge in [-0.3, -0.25) is 4.79 Å². The van der Waals surface area contributed by atoms with Gasteiger partial charge in [0.1, 0.15) is 6.33 Å². The Bertz CT molecular complexity index is 339. The first kappa shape index (κ1) is 11.6. The van der Waals surface area contributed by atoms with Crippen LogP contribution >= 0.6 is 0 Å². The number of aryl methyl sites for hydroxylation is 1. The van der Waals surface area contributed by atoms with Crippen molar-refractivity contribution in [1.82, 2.24) is 9.97 Å². The highest BCUT2D eigenvalue weighted by atomic mass is 16.4. The molecule has 0 aliphatic rings. The van der Waals surface area contributed by atoms with Gasteiger partial charge in [-0.05, 0) is 18.9 Å². The predicted octanol–water partition coefficient (Wildman–Crippen LogP) is 2.01. The lowest BCUT2D eigenvalue weighted by Crippen LogP contribution is -2.12. The zero-order valence-corrected chi connectivity index (χ0v) is 9.10. The molecule has 0 aliphatic carbocycles. The molecule has 0 radical (unpaired) electrons. The number of carboxylic acid groups (broad SMARTS) is 1. The molecule has 1 atom stereocenters. The quantitative estimate of drug-likeness (QED) is 0.803. The molecular formula is C11H16N2O2.